The molecule has 2 aliphatic heterocycles. The molecule has 0 saturated carbocycles. The van der Waals surface area contributed by atoms with E-state index in [9.17, 15) is 5.11 Å². The van der Waals surface area contributed by atoms with Gasteiger partial charge in [0.15, 0.2) is 0 Å². The van der Waals surface area contributed by atoms with Crippen molar-refractivity contribution in [1.82, 2.24) is 15.0 Å². The van der Waals surface area contributed by atoms with Crippen molar-refractivity contribution in [2.45, 2.75) is 25.1 Å². The van der Waals surface area contributed by atoms with E-state index in [1.54, 1.807) is 31.7 Å². The molecule has 2 aliphatic rings. The molecule has 0 saturated heterocycles. The van der Waals surface area contributed by atoms with Crippen molar-refractivity contribution < 1.29 is 31.6 Å². The molecule has 4 aromatic carbocycles. The van der Waals surface area contributed by atoms with Crippen LogP contribution in [0, 0.1) is 0 Å². The fourth-order valence-electron chi connectivity index (χ4n) is 5.62. The molecule has 0 aliphatic carbocycles. The Labute approximate surface area is 332 Å². The summed E-state index contributed by atoms with van der Waals surface area (Å²) in [6, 6.07) is 49.4. The maximum atomic E-state index is 10.7. The molecular formula is C46H41FeN5O3. The summed E-state index contributed by atoms with van der Waals surface area (Å²) in [6.07, 6.45) is 10.3. The Balaban J connectivity index is 0.000000213. The molecule has 0 spiro atoms. The normalized spacial score (nSPS) is 16.5. The first-order chi connectivity index (χ1) is 26.6. The van der Waals surface area contributed by atoms with Gasteiger partial charge in [-0.25, -0.2) is 9.98 Å². The van der Waals surface area contributed by atoms with Crippen molar-refractivity contribution in [2.75, 3.05) is 13.2 Å². The summed E-state index contributed by atoms with van der Waals surface area (Å²) >= 11 is 0. The summed E-state index contributed by atoms with van der Waals surface area (Å²) in [5, 5.41) is 14.5. The Hall–Kier alpha value is -6.12. The van der Waals surface area contributed by atoms with Gasteiger partial charge in [-0.2, -0.15) is 0 Å². The van der Waals surface area contributed by atoms with Crippen LogP contribution in [0.15, 0.2) is 186 Å². The molecule has 0 amide bonds. The molecule has 3 atom stereocenters. The van der Waals surface area contributed by atoms with E-state index in [2.05, 4.69) is 46.4 Å². The van der Waals surface area contributed by atoms with Crippen LogP contribution in [0.4, 0.5) is 0 Å². The average Bonchev–Trinajstić information content (AvgIpc) is 4.01. The van der Waals surface area contributed by atoms with Gasteiger partial charge in [0.05, 0.1) is 0 Å². The van der Waals surface area contributed by atoms with E-state index in [-0.39, 0.29) is 29.2 Å². The topological polar surface area (TPSA) is 106 Å². The smallest absolute Gasteiger partial charge is 0.849 e. The fourth-order valence-corrected chi connectivity index (χ4v) is 5.62. The number of benzene rings is 4. The zero-order chi connectivity index (χ0) is 37.2. The summed E-state index contributed by atoms with van der Waals surface area (Å²) in [5.41, 5.74) is 3.16. The predicted molar refractivity (Wildman–Crippen MR) is 214 cm³/mol. The Bertz CT molecular complexity index is 2130. The van der Waals surface area contributed by atoms with Gasteiger partial charge in [-0.05, 0) is 58.3 Å². The van der Waals surface area contributed by atoms with Crippen LogP contribution in [-0.2, 0) is 26.5 Å². The Morgan fingerprint density at radius 3 is 1.24 bits per heavy atom. The SMILES string of the molecule is C(/C1=N[C@H](c2ccccc2)CO1)=c1/[n-]/c(=C\C2=N[C@H](c3ccccc3)CO2)c2ccccc12.C[C@H]([O-])c1ccccc1.[Fe+2].c1ccncc1.c1ccncc1. The number of rotatable bonds is 5. The maximum Gasteiger partial charge on any atom is 2.00 e. The van der Waals surface area contributed by atoms with Gasteiger partial charge in [0, 0.05) is 24.8 Å². The first-order valence-electron chi connectivity index (χ1n) is 17.8. The number of aromatic nitrogens is 3. The molecule has 0 radical (unpaired) electrons. The standard InChI is InChI=1S/C28H22N3O2.C8H9O.2C5H5N.Fe/c1-3-9-19(10-4-1)25-17-32-27(30-25)15-23-21-13-7-8-14-22(21)24(29-23)16-28-31-26(18-33-28)20-11-5-2-6-12-20;1-7(9)8-5-3-2-4-6-8;2*1-2-4-6-5-3-1;/h1-16,25-26H,17-18H2;2-7H,1H3;2*1-5H;/q2*-1;;;+2/b23-15-,24-16-;;;;/t25-,26-;7-;;;/m00.../s1. The number of hydrogen-bond acceptors (Lipinski definition) is 7. The summed E-state index contributed by atoms with van der Waals surface area (Å²) in [5.74, 6) is 1.22. The molecule has 9 heteroatoms. The molecule has 3 aromatic heterocycles. The quantitative estimate of drug-likeness (QED) is 0.175. The third-order valence-electron chi connectivity index (χ3n) is 8.36. The van der Waals surface area contributed by atoms with Gasteiger partial charge < -0.3 is 19.6 Å². The molecule has 55 heavy (non-hydrogen) atoms. The Kier molecular flexibility index (Phi) is 15.7. The molecule has 0 N–H and O–H groups in total. The summed E-state index contributed by atoms with van der Waals surface area (Å²) in [4.78, 5) is 22.0. The first kappa shape index (κ1) is 40.1. The van der Waals surface area contributed by atoms with E-state index >= 15 is 0 Å². The van der Waals surface area contributed by atoms with Crippen molar-refractivity contribution in [3.8, 4) is 0 Å². The zero-order valence-electron chi connectivity index (χ0n) is 30.4. The number of aliphatic imine (C=N–C) groups is 2. The number of pyridine rings is 2. The van der Waals surface area contributed by atoms with Crippen molar-refractivity contribution in [3.63, 3.8) is 0 Å². The first-order valence-corrected chi connectivity index (χ1v) is 17.8. The van der Waals surface area contributed by atoms with Gasteiger partial charge >= 0.3 is 17.1 Å². The number of ether oxygens (including phenoxy) is 2. The van der Waals surface area contributed by atoms with Crippen molar-refractivity contribution >= 4 is 34.7 Å². The molecule has 0 fully saturated rings. The van der Waals surface area contributed by atoms with Crippen molar-refractivity contribution in [2.24, 2.45) is 9.98 Å². The second kappa shape index (κ2) is 21.5. The summed E-state index contributed by atoms with van der Waals surface area (Å²) < 4.78 is 11.7. The van der Waals surface area contributed by atoms with Gasteiger partial charge in [-0.1, -0.05) is 140 Å². The minimum absolute atomic E-state index is 0. The fraction of sp³-hybridized carbons (Fsp3) is 0.130. The predicted octanol–water partition coefficient (Wildman–Crippen LogP) is 6.97. The van der Waals surface area contributed by atoms with Crippen LogP contribution in [0.1, 0.15) is 41.8 Å². The van der Waals surface area contributed by atoms with E-state index in [0.717, 1.165) is 38.2 Å². The van der Waals surface area contributed by atoms with Crippen LogP contribution >= 0.6 is 0 Å². The van der Waals surface area contributed by atoms with Gasteiger partial charge in [-0.15, -0.1) is 16.8 Å². The minimum Gasteiger partial charge on any atom is -0.849 e. The summed E-state index contributed by atoms with van der Waals surface area (Å²) in [6.45, 7) is 2.73. The molecule has 7 aromatic rings. The third-order valence-corrected chi connectivity index (χ3v) is 8.36. The molecule has 8 nitrogen and oxygen atoms in total. The minimum atomic E-state index is -0.591. The monoisotopic (exact) mass is 767 g/mol. The van der Waals surface area contributed by atoms with Crippen LogP contribution < -0.4 is 20.8 Å². The largest absolute Gasteiger partial charge is 2.00 e. The molecule has 0 bridgehead atoms. The summed E-state index contributed by atoms with van der Waals surface area (Å²) in [7, 11) is 0. The average molecular weight is 768 g/mol. The maximum absolute atomic E-state index is 10.7. The van der Waals surface area contributed by atoms with E-state index in [0.29, 0.717) is 25.0 Å². The van der Waals surface area contributed by atoms with Crippen LogP contribution in [-0.4, -0.2) is 35.0 Å². The molecular weight excluding hydrogens is 726 g/mol. The molecule has 9 rings (SSSR count). The Morgan fingerprint density at radius 1 is 0.545 bits per heavy atom. The van der Waals surface area contributed by atoms with E-state index < -0.39 is 6.10 Å². The Morgan fingerprint density at radius 2 is 0.909 bits per heavy atom. The number of hydrogen-bond donors (Lipinski definition) is 0. The van der Waals surface area contributed by atoms with E-state index in [4.69, 9.17) is 24.4 Å². The number of nitrogens with zero attached hydrogens (tertiary/aromatic N) is 5. The second-order valence-electron chi connectivity index (χ2n) is 12.2. The van der Waals surface area contributed by atoms with Gasteiger partial charge in [0.25, 0.3) is 0 Å². The van der Waals surface area contributed by atoms with E-state index in [1.165, 1.54) is 0 Å². The van der Waals surface area contributed by atoms with Gasteiger partial charge in [0.2, 0.25) is 11.8 Å². The molecule has 276 valence electrons. The second-order valence-corrected chi connectivity index (χ2v) is 12.2. The van der Waals surface area contributed by atoms with Crippen LogP contribution in [0.25, 0.3) is 22.9 Å². The van der Waals surface area contributed by atoms with Crippen LogP contribution in [0.5, 0.6) is 0 Å². The van der Waals surface area contributed by atoms with Crippen molar-refractivity contribution in [3.05, 3.63) is 204 Å². The molecule has 0 unspecified atom stereocenters. The van der Waals surface area contributed by atoms with Crippen LogP contribution in [0.3, 0.4) is 0 Å². The van der Waals surface area contributed by atoms with Crippen LogP contribution in [0.2, 0.25) is 0 Å². The number of fused-ring (bicyclic) bond motifs is 1. The zero-order valence-corrected chi connectivity index (χ0v) is 31.5. The third kappa shape index (κ3) is 12.2. The molecule has 5 heterocycles. The van der Waals surface area contributed by atoms with Crippen molar-refractivity contribution in [1.29, 1.82) is 0 Å². The van der Waals surface area contributed by atoms with Gasteiger partial charge in [-0.3, -0.25) is 9.97 Å². The van der Waals surface area contributed by atoms with E-state index in [1.807, 2.05) is 127 Å². The van der Waals surface area contributed by atoms with Gasteiger partial charge in [0.1, 0.15) is 25.3 Å².